The van der Waals surface area contributed by atoms with E-state index in [0.717, 1.165) is 6.42 Å². The van der Waals surface area contributed by atoms with Crippen molar-refractivity contribution in [2.24, 2.45) is 11.1 Å². The maximum atomic E-state index is 12.1. The van der Waals surface area contributed by atoms with Crippen molar-refractivity contribution < 1.29 is 19.5 Å². The van der Waals surface area contributed by atoms with E-state index in [1.54, 1.807) is 13.8 Å². The van der Waals surface area contributed by atoms with Gasteiger partial charge < -0.3 is 21.1 Å². The third kappa shape index (κ3) is 3.20. The van der Waals surface area contributed by atoms with Crippen molar-refractivity contribution >= 4 is 17.9 Å². The first-order valence-corrected chi connectivity index (χ1v) is 6.95. The fourth-order valence-electron chi connectivity index (χ4n) is 2.56. The Bertz CT molecular complexity index is 393. The predicted octanol–water partition coefficient (Wildman–Crippen LogP) is 0.537. The van der Waals surface area contributed by atoms with Gasteiger partial charge in [-0.1, -0.05) is 13.8 Å². The van der Waals surface area contributed by atoms with Gasteiger partial charge in [-0.05, 0) is 25.7 Å². The number of primary amides is 1. The van der Waals surface area contributed by atoms with Crippen molar-refractivity contribution in [2.75, 3.05) is 13.1 Å². The molecule has 0 radical (unpaired) electrons. The third-order valence-electron chi connectivity index (χ3n) is 4.25. The largest absolute Gasteiger partial charge is 0.481 e. The number of carbonyl (C=O) groups is 3. The second-order valence-corrected chi connectivity index (χ2v) is 5.20. The minimum atomic E-state index is -0.953. The second-order valence-electron chi connectivity index (χ2n) is 5.20. The summed E-state index contributed by atoms with van der Waals surface area (Å²) >= 11 is 0. The molecule has 20 heavy (non-hydrogen) atoms. The number of carbonyl (C=O) groups excluding carboxylic acids is 2. The van der Waals surface area contributed by atoms with E-state index in [1.165, 1.54) is 4.90 Å². The maximum Gasteiger partial charge on any atom is 0.315 e. The van der Waals surface area contributed by atoms with Gasteiger partial charge in [0.1, 0.15) is 6.04 Å². The van der Waals surface area contributed by atoms with E-state index in [9.17, 15) is 19.5 Å². The highest BCUT2D eigenvalue weighted by Gasteiger charge is 2.38. The van der Waals surface area contributed by atoms with Crippen LogP contribution >= 0.6 is 0 Å². The summed E-state index contributed by atoms with van der Waals surface area (Å²) in [6, 6.07) is -1.19. The molecule has 7 heteroatoms. The minimum absolute atomic E-state index is 0.0667. The molecule has 1 aliphatic heterocycles. The Morgan fingerprint density at radius 1 is 1.35 bits per heavy atom. The molecular formula is C13H23N3O4. The molecule has 0 aliphatic carbocycles. The Hall–Kier alpha value is -1.79. The zero-order valence-electron chi connectivity index (χ0n) is 12.0. The number of carboxylic acid groups (broad SMARTS) is 1. The Morgan fingerprint density at radius 2 is 1.95 bits per heavy atom. The second kappa shape index (κ2) is 6.58. The van der Waals surface area contributed by atoms with E-state index in [0.29, 0.717) is 25.8 Å². The van der Waals surface area contributed by atoms with Gasteiger partial charge in [0, 0.05) is 13.1 Å². The highest BCUT2D eigenvalue weighted by atomic mass is 16.4. The van der Waals surface area contributed by atoms with Gasteiger partial charge >= 0.3 is 12.0 Å². The first-order valence-electron chi connectivity index (χ1n) is 6.95. The van der Waals surface area contributed by atoms with E-state index in [4.69, 9.17) is 5.73 Å². The normalized spacial score (nSPS) is 18.9. The summed E-state index contributed by atoms with van der Waals surface area (Å²) in [5, 5.41) is 12.0. The van der Waals surface area contributed by atoms with Crippen LogP contribution in [0.1, 0.15) is 39.5 Å². The SMILES string of the molecule is CCC(CC)(CNC(=O)[C@@H]1CCCN1C(N)=O)C(=O)O. The summed E-state index contributed by atoms with van der Waals surface area (Å²) in [6.07, 6.45) is 2.16. The molecule has 0 saturated carbocycles. The summed E-state index contributed by atoms with van der Waals surface area (Å²) < 4.78 is 0. The lowest BCUT2D eigenvalue weighted by Crippen LogP contribution is -2.51. The molecule has 7 nitrogen and oxygen atoms in total. The van der Waals surface area contributed by atoms with E-state index in [1.807, 2.05) is 0 Å². The zero-order chi connectivity index (χ0) is 15.3. The average Bonchev–Trinajstić information content (AvgIpc) is 2.89. The number of hydrogen-bond acceptors (Lipinski definition) is 3. The lowest BCUT2D eigenvalue weighted by atomic mass is 9.82. The molecule has 1 atom stereocenters. The zero-order valence-corrected chi connectivity index (χ0v) is 12.0. The maximum absolute atomic E-state index is 12.1. The molecule has 1 aliphatic rings. The Balaban J connectivity index is 2.66. The van der Waals surface area contributed by atoms with E-state index in [2.05, 4.69) is 5.32 Å². The van der Waals surface area contributed by atoms with Crippen molar-refractivity contribution in [3.05, 3.63) is 0 Å². The van der Waals surface area contributed by atoms with E-state index >= 15 is 0 Å². The molecule has 114 valence electrons. The molecule has 0 spiro atoms. The molecule has 3 amide bonds. The lowest BCUT2D eigenvalue weighted by Gasteiger charge is -2.28. The minimum Gasteiger partial charge on any atom is -0.481 e. The molecule has 0 aromatic carbocycles. The molecule has 1 saturated heterocycles. The van der Waals surface area contributed by atoms with Gasteiger partial charge in [0.15, 0.2) is 0 Å². The van der Waals surface area contributed by atoms with Crippen LogP contribution in [0.15, 0.2) is 0 Å². The summed E-state index contributed by atoms with van der Waals surface area (Å²) in [4.78, 5) is 36.0. The van der Waals surface area contributed by atoms with Gasteiger partial charge in [-0.3, -0.25) is 9.59 Å². The van der Waals surface area contributed by atoms with Crippen LogP contribution in [0.25, 0.3) is 0 Å². The van der Waals surface area contributed by atoms with Gasteiger partial charge in [-0.2, -0.15) is 0 Å². The fourth-order valence-corrected chi connectivity index (χ4v) is 2.56. The van der Waals surface area contributed by atoms with Crippen LogP contribution in [0, 0.1) is 5.41 Å². The number of nitrogens with one attached hydrogen (secondary N) is 1. The number of urea groups is 1. The third-order valence-corrected chi connectivity index (χ3v) is 4.25. The van der Waals surface area contributed by atoms with Gasteiger partial charge in [0.2, 0.25) is 5.91 Å². The number of nitrogens with two attached hydrogens (primary N) is 1. The summed E-state index contributed by atoms with van der Waals surface area (Å²) in [5.74, 6) is -1.24. The molecule has 0 unspecified atom stereocenters. The van der Waals surface area contributed by atoms with Crippen LogP contribution in [0.5, 0.6) is 0 Å². The average molecular weight is 285 g/mol. The summed E-state index contributed by atoms with van der Waals surface area (Å²) in [7, 11) is 0. The number of carboxylic acids is 1. The van der Waals surface area contributed by atoms with Crippen LogP contribution in [0.2, 0.25) is 0 Å². The fraction of sp³-hybridized carbons (Fsp3) is 0.769. The first-order chi connectivity index (χ1) is 9.38. The molecule has 0 aromatic rings. The highest BCUT2D eigenvalue weighted by molar-refractivity contribution is 5.87. The van der Waals surface area contributed by atoms with Gasteiger partial charge in [-0.15, -0.1) is 0 Å². The van der Waals surface area contributed by atoms with Crippen molar-refractivity contribution in [1.29, 1.82) is 0 Å². The molecule has 0 bridgehead atoms. The molecule has 1 heterocycles. The topological polar surface area (TPSA) is 113 Å². The van der Waals surface area contributed by atoms with Crippen molar-refractivity contribution in [1.82, 2.24) is 10.2 Å². The molecular weight excluding hydrogens is 262 g/mol. The smallest absolute Gasteiger partial charge is 0.315 e. The number of nitrogens with zero attached hydrogens (tertiary/aromatic N) is 1. The molecule has 1 rings (SSSR count). The number of aliphatic carboxylic acids is 1. The van der Waals surface area contributed by atoms with Crippen molar-refractivity contribution in [3.63, 3.8) is 0 Å². The van der Waals surface area contributed by atoms with Crippen LogP contribution in [-0.4, -0.2) is 47.0 Å². The molecule has 1 fully saturated rings. The van der Waals surface area contributed by atoms with Crippen molar-refractivity contribution in [2.45, 2.75) is 45.6 Å². The Kier molecular flexibility index (Phi) is 5.35. The van der Waals surface area contributed by atoms with Crippen LogP contribution in [-0.2, 0) is 9.59 Å². The summed E-state index contributed by atoms with van der Waals surface area (Å²) in [5.41, 5.74) is 4.27. The van der Waals surface area contributed by atoms with E-state index < -0.39 is 23.5 Å². The molecule has 0 aromatic heterocycles. The number of hydrogen-bond donors (Lipinski definition) is 3. The summed E-state index contributed by atoms with van der Waals surface area (Å²) in [6.45, 7) is 4.11. The number of rotatable bonds is 6. The predicted molar refractivity (Wildman–Crippen MR) is 73.0 cm³/mol. The van der Waals surface area contributed by atoms with Crippen LogP contribution in [0.3, 0.4) is 0 Å². The number of amides is 3. The molecule has 4 N–H and O–H groups in total. The van der Waals surface area contributed by atoms with Gasteiger partial charge in [0.25, 0.3) is 0 Å². The van der Waals surface area contributed by atoms with E-state index in [-0.39, 0.29) is 12.5 Å². The Labute approximate surface area is 118 Å². The highest BCUT2D eigenvalue weighted by Crippen LogP contribution is 2.26. The monoisotopic (exact) mass is 285 g/mol. The van der Waals surface area contributed by atoms with Crippen LogP contribution < -0.4 is 11.1 Å². The van der Waals surface area contributed by atoms with Crippen LogP contribution in [0.4, 0.5) is 4.79 Å². The van der Waals surface area contributed by atoms with Gasteiger partial charge in [0.05, 0.1) is 5.41 Å². The standard InChI is InChI=1S/C13H23N3O4/c1-3-13(4-2,11(18)19)8-15-10(17)9-6-5-7-16(9)12(14)20/h9H,3-8H2,1-2H3,(H2,14,20)(H,15,17)(H,18,19)/t9-/m0/s1. The Morgan fingerprint density at radius 3 is 2.40 bits per heavy atom. The first kappa shape index (κ1) is 16.3. The quantitative estimate of drug-likeness (QED) is 0.661. The van der Waals surface area contributed by atoms with Gasteiger partial charge in [-0.25, -0.2) is 4.79 Å². The lowest BCUT2D eigenvalue weighted by molar-refractivity contribution is -0.149. The number of likely N-dealkylation sites (tertiary alicyclic amines) is 1. The van der Waals surface area contributed by atoms with Crippen molar-refractivity contribution in [3.8, 4) is 0 Å².